The molecule has 0 saturated carbocycles. The molecule has 7 nitrogen and oxygen atoms in total. The number of nitrogens with zero attached hydrogens (tertiary/aromatic N) is 2. The van der Waals surface area contributed by atoms with Crippen molar-refractivity contribution in [2.45, 2.75) is 32.7 Å². The Morgan fingerprint density at radius 2 is 1.86 bits per heavy atom. The number of carboxylic acids is 1. The highest BCUT2D eigenvalue weighted by atomic mass is 35.5. The quantitative estimate of drug-likeness (QED) is 0.600. The number of carbonyl (C=O) groups is 2. The van der Waals surface area contributed by atoms with E-state index < -0.39 is 5.97 Å². The van der Waals surface area contributed by atoms with Crippen LogP contribution in [0.1, 0.15) is 24.0 Å². The van der Waals surface area contributed by atoms with Crippen LogP contribution in [0.25, 0.3) is 0 Å². The van der Waals surface area contributed by atoms with Gasteiger partial charge in [-0.3, -0.25) is 19.4 Å². The lowest BCUT2D eigenvalue weighted by molar-refractivity contribution is -0.138. The van der Waals surface area contributed by atoms with Crippen LogP contribution in [0.3, 0.4) is 0 Å². The van der Waals surface area contributed by atoms with E-state index in [9.17, 15) is 9.59 Å². The van der Waals surface area contributed by atoms with Crippen LogP contribution in [0.15, 0.2) is 18.2 Å². The van der Waals surface area contributed by atoms with Crippen LogP contribution < -0.4 is 10.1 Å². The van der Waals surface area contributed by atoms with Gasteiger partial charge in [0.1, 0.15) is 12.4 Å². The third-order valence-corrected chi connectivity index (χ3v) is 5.01. The number of likely N-dealkylation sites (tertiary alicyclic amines) is 1. The number of nitrogens with one attached hydrogen (secondary N) is 1. The Kier molecular flexibility index (Phi) is 10.3. The van der Waals surface area contributed by atoms with Crippen LogP contribution in [0.2, 0.25) is 0 Å². The van der Waals surface area contributed by atoms with Gasteiger partial charge in [0.15, 0.2) is 0 Å². The van der Waals surface area contributed by atoms with E-state index in [0.717, 1.165) is 42.8 Å². The minimum Gasteiger partial charge on any atom is -0.491 e. The topological polar surface area (TPSA) is 82.1 Å². The molecule has 1 fully saturated rings. The first-order valence-corrected chi connectivity index (χ1v) is 9.47. The fourth-order valence-corrected chi connectivity index (χ4v) is 3.49. The summed E-state index contributed by atoms with van der Waals surface area (Å²) in [4.78, 5) is 26.9. The molecule has 28 heavy (non-hydrogen) atoms. The highest BCUT2D eigenvalue weighted by Gasteiger charge is 2.24. The number of ether oxygens (including phenoxy) is 1. The molecule has 0 bridgehead atoms. The third-order valence-electron chi connectivity index (χ3n) is 5.01. The first-order valence-electron chi connectivity index (χ1n) is 9.47. The number of hydrogen-bond donors (Lipinski definition) is 2. The number of aliphatic carboxylic acids is 1. The van der Waals surface area contributed by atoms with E-state index >= 15 is 0 Å². The predicted octanol–water partition coefficient (Wildman–Crippen LogP) is 1.70. The van der Waals surface area contributed by atoms with Crippen molar-refractivity contribution in [3.8, 4) is 5.75 Å². The molecule has 0 aromatic heterocycles. The molecule has 0 unspecified atom stereocenters. The first-order chi connectivity index (χ1) is 12.9. The highest BCUT2D eigenvalue weighted by molar-refractivity contribution is 5.85. The molecule has 0 spiro atoms. The van der Waals surface area contributed by atoms with Crippen molar-refractivity contribution in [3.05, 3.63) is 29.3 Å². The summed E-state index contributed by atoms with van der Waals surface area (Å²) in [7, 11) is 1.84. The normalized spacial score (nSPS) is 15.1. The van der Waals surface area contributed by atoms with E-state index in [-0.39, 0.29) is 30.9 Å². The number of halogens is 1. The molecule has 158 valence electrons. The van der Waals surface area contributed by atoms with E-state index in [2.05, 4.69) is 10.2 Å². The minimum atomic E-state index is -0.803. The molecule has 1 amide bonds. The van der Waals surface area contributed by atoms with Gasteiger partial charge in [0.05, 0.1) is 19.6 Å². The van der Waals surface area contributed by atoms with Crippen LogP contribution in [-0.4, -0.2) is 79.2 Å². The van der Waals surface area contributed by atoms with Crippen LogP contribution in [-0.2, 0) is 9.59 Å². The van der Waals surface area contributed by atoms with Gasteiger partial charge in [-0.15, -0.1) is 12.4 Å². The van der Waals surface area contributed by atoms with Crippen molar-refractivity contribution < 1.29 is 19.4 Å². The molecule has 0 radical (unpaired) electrons. The average molecular weight is 414 g/mol. The molecular formula is C20H32ClN3O4. The zero-order chi connectivity index (χ0) is 19.8. The van der Waals surface area contributed by atoms with E-state index in [1.54, 1.807) is 0 Å². The number of amides is 1. The lowest BCUT2D eigenvalue weighted by Crippen LogP contribution is -2.47. The molecule has 2 rings (SSSR count). The SMILES string of the molecule is Cc1cccc(C)c1OCCNC(=O)CN1CCC(N(C)CC(=O)O)CC1.Cl. The molecule has 8 heteroatoms. The molecule has 1 aromatic carbocycles. The van der Waals surface area contributed by atoms with Crippen molar-refractivity contribution in [2.75, 3.05) is 46.4 Å². The van der Waals surface area contributed by atoms with Crippen molar-refractivity contribution in [2.24, 2.45) is 0 Å². The number of hydrogen-bond acceptors (Lipinski definition) is 5. The summed E-state index contributed by atoms with van der Waals surface area (Å²) in [6, 6.07) is 6.30. The fraction of sp³-hybridized carbons (Fsp3) is 0.600. The van der Waals surface area contributed by atoms with Gasteiger partial charge >= 0.3 is 5.97 Å². The molecule has 1 aromatic rings. The first kappa shape index (κ1) is 24.2. The molecule has 0 aliphatic carbocycles. The molecule has 1 aliphatic heterocycles. The van der Waals surface area contributed by atoms with Crippen molar-refractivity contribution in [1.29, 1.82) is 0 Å². The lowest BCUT2D eigenvalue weighted by atomic mass is 10.0. The maximum Gasteiger partial charge on any atom is 0.317 e. The van der Waals surface area contributed by atoms with Crippen LogP contribution in [0, 0.1) is 13.8 Å². The number of para-hydroxylation sites is 1. The van der Waals surface area contributed by atoms with Gasteiger partial charge in [-0.05, 0) is 44.9 Å². The zero-order valence-corrected chi connectivity index (χ0v) is 17.8. The Hall–Kier alpha value is -1.83. The lowest BCUT2D eigenvalue weighted by Gasteiger charge is -2.35. The Morgan fingerprint density at radius 3 is 2.43 bits per heavy atom. The number of likely N-dealkylation sites (N-methyl/N-ethyl adjacent to an activating group) is 1. The van der Waals surface area contributed by atoms with E-state index in [1.807, 2.05) is 44.0 Å². The predicted molar refractivity (Wildman–Crippen MR) is 111 cm³/mol. The monoisotopic (exact) mass is 413 g/mol. The van der Waals surface area contributed by atoms with Gasteiger partial charge < -0.3 is 15.2 Å². The molecule has 1 saturated heterocycles. The molecule has 1 heterocycles. The highest BCUT2D eigenvalue weighted by Crippen LogP contribution is 2.21. The third kappa shape index (κ3) is 7.66. The fourth-order valence-electron chi connectivity index (χ4n) is 3.49. The molecule has 1 aliphatic rings. The van der Waals surface area contributed by atoms with E-state index in [0.29, 0.717) is 19.7 Å². The summed E-state index contributed by atoms with van der Waals surface area (Å²) in [5, 5.41) is 11.8. The van der Waals surface area contributed by atoms with Crippen molar-refractivity contribution >= 4 is 24.3 Å². The van der Waals surface area contributed by atoms with Gasteiger partial charge in [-0.1, -0.05) is 18.2 Å². The Labute approximate surface area is 173 Å². The largest absolute Gasteiger partial charge is 0.491 e. The second-order valence-corrected chi connectivity index (χ2v) is 7.24. The average Bonchev–Trinajstić information content (AvgIpc) is 2.60. The summed E-state index contributed by atoms with van der Waals surface area (Å²) < 4.78 is 5.80. The summed E-state index contributed by atoms with van der Waals surface area (Å²) in [5.74, 6) is 0.0826. The van der Waals surface area contributed by atoms with Gasteiger partial charge in [0, 0.05) is 19.1 Å². The molecular weight excluding hydrogens is 382 g/mol. The van der Waals surface area contributed by atoms with Crippen LogP contribution >= 0.6 is 12.4 Å². The smallest absolute Gasteiger partial charge is 0.317 e. The minimum absolute atomic E-state index is 0. The number of piperidine rings is 1. The van der Waals surface area contributed by atoms with Crippen molar-refractivity contribution in [1.82, 2.24) is 15.1 Å². The summed E-state index contributed by atoms with van der Waals surface area (Å²) in [6.07, 6.45) is 1.76. The second-order valence-electron chi connectivity index (χ2n) is 7.24. The van der Waals surface area contributed by atoms with Gasteiger partial charge in [0.2, 0.25) is 5.91 Å². The van der Waals surface area contributed by atoms with E-state index in [1.165, 1.54) is 0 Å². The Balaban J connectivity index is 0.00000392. The number of carbonyl (C=O) groups excluding carboxylic acids is 1. The van der Waals surface area contributed by atoms with Crippen molar-refractivity contribution in [3.63, 3.8) is 0 Å². The molecule has 2 N–H and O–H groups in total. The summed E-state index contributed by atoms with van der Waals surface area (Å²) in [6.45, 7) is 6.99. The zero-order valence-electron chi connectivity index (χ0n) is 16.9. The number of carboxylic acid groups (broad SMARTS) is 1. The maximum absolute atomic E-state index is 12.1. The van der Waals surface area contributed by atoms with Gasteiger partial charge in [-0.25, -0.2) is 0 Å². The van der Waals surface area contributed by atoms with Crippen LogP contribution in [0.4, 0.5) is 0 Å². The number of aryl methyl sites for hydroxylation is 2. The molecule has 0 atom stereocenters. The maximum atomic E-state index is 12.1. The standard InChI is InChI=1S/C20H31N3O4.ClH/c1-15-5-4-6-16(2)20(15)27-12-9-21-18(24)13-23-10-7-17(8-11-23)22(3)14-19(25)26;/h4-6,17H,7-14H2,1-3H3,(H,21,24)(H,25,26);1H. The summed E-state index contributed by atoms with van der Waals surface area (Å²) >= 11 is 0. The van der Waals surface area contributed by atoms with E-state index in [4.69, 9.17) is 9.84 Å². The number of benzene rings is 1. The Bertz CT molecular complexity index is 628. The Morgan fingerprint density at radius 1 is 1.25 bits per heavy atom. The number of rotatable bonds is 9. The summed E-state index contributed by atoms with van der Waals surface area (Å²) in [5.41, 5.74) is 2.19. The van der Waals surface area contributed by atoms with Crippen LogP contribution in [0.5, 0.6) is 5.75 Å². The second kappa shape index (κ2) is 11.9. The van der Waals surface area contributed by atoms with Gasteiger partial charge in [-0.2, -0.15) is 0 Å². The van der Waals surface area contributed by atoms with Gasteiger partial charge in [0.25, 0.3) is 0 Å².